The third kappa shape index (κ3) is 4.05. The van der Waals surface area contributed by atoms with Crippen LogP contribution in [0.25, 0.3) is 0 Å². The molecular formula is C17H22ClN5. The van der Waals surface area contributed by atoms with Gasteiger partial charge in [-0.05, 0) is 24.6 Å². The molecule has 5 nitrogen and oxygen atoms in total. The van der Waals surface area contributed by atoms with Crippen molar-refractivity contribution in [3.63, 3.8) is 0 Å². The maximum absolute atomic E-state index is 6.09. The van der Waals surface area contributed by atoms with E-state index in [0.717, 1.165) is 55.8 Å². The summed E-state index contributed by atoms with van der Waals surface area (Å²) in [6.45, 7) is 6.88. The van der Waals surface area contributed by atoms with Crippen molar-refractivity contribution < 1.29 is 0 Å². The summed E-state index contributed by atoms with van der Waals surface area (Å²) in [5, 5.41) is 4.10. The van der Waals surface area contributed by atoms with Crippen molar-refractivity contribution in [2.75, 3.05) is 47.8 Å². The van der Waals surface area contributed by atoms with E-state index in [1.54, 1.807) is 6.33 Å². The molecule has 23 heavy (non-hydrogen) atoms. The van der Waals surface area contributed by atoms with Crippen molar-refractivity contribution in [1.82, 2.24) is 9.97 Å². The summed E-state index contributed by atoms with van der Waals surface area (Å²) in [4.78, 5) is 13.4. The highest BCUT2D eigenvalue weighted by Gasteiger charge is 2.18. The van der Waals surface area contributed by atoms with Gasteiger partial charge in [0.25, 0.3) is 0 Å². The largest absolute Gasteiger partial charge is 0.370 e. The molecule has 3 rings (SSSR count). The highest BCUT2D eigenvalue weighted by Crippen LogP contribution is 2.22. The molecule has 2 aromatic rings. The van der Waals surface area contributed by atoms with E-state index in [9.17, 15) is 0 Å². The van der Waals surface area contributed by atoms with Crippen LogP contribution in [0.5, 0.6) is 0 Å². The molecule has 0 aliphatic carbocycles. The Bertz CT molecular complexity index is 640. The van der Waals surface area contributed by atoms with E-state index in [1.165, 1.54) is 5.69 Å². The second-order valence-corrected chi connectivity index (χ2v) is 6.08. The molecule has 1 saturated heterocycles. The number of nitrogens with one attached hydrogen (secondary N) is 1. The minimum absolute atomic E-state index is 0.785. The van der Waals surface area contributed by atoms with Crippen molar-refractivity contribution in [3.05, 3.63) is 41.7 Å². The molecule has 1 aromatic heterocycles. The topological polar surface area (TPSA) is 44.3 Å². The second-order valence-electron chi connectivity index (χ2n) is 5.64. The fourth-order valence-electron chi connectivity index (χ4n) is 2.74. The van der Waals surface area contributed by atoms with Gasteiger partial charge in [0.1, 0.15) is 18.0 Å². The van der Waals surface area contributed by atoms with Gasteiger partial charge in [-0.3, -0.25) is 0 Å². The average molecular weight is 332 g/mol. The van der Waals surface area contributed by atoms with Gasteiger partial charge in [-0.15, -0.1) is 0 Å². The Kier molecular flexibility index (Phi) is 5.18. The SMILES string of the molecule is CCCNc1cc(N2CCN(c3cccc(Cl)c3)CC2)ncn1. The van der Waals surface area contributed by atoms with E-state index in [2.05, 4.69) is 38.1 Å². The molecule has 0 amide bonds. The maximum atomic E-state index is 6.09. The molecule has 1 fully saturated rings. The van der Waals surface area contributed by atoms with Gasteiger partial charge >= 0.3 is 0 Å². The average Bonchev–Trinajstić information content (AvgIpc) is 2.60. The van der Waals surface area contributed by atoms with Gasteiger partial charge in [0, 0.05) is 49.5 Å². The van der Waals surface area contributed by atoms with Crippen molar-refractivity contribution in [3.8, 4) is 0 Å². The van der Waals surface area contributed by atoms with Crippen LogP contribution in [0.3, 0.4) is 0 Å². The Morgan fingerprint density at radius 3 is 2.61 bits per heavy atom. The number of aromatic nitrogens is 2. The van der Waals surface area contributed by atoms with Crippen molar-refractivity contribution in [2.45, 2.75) is 13.3 Å². The predicted molar refractivity (Wildman–Crippen MR) is 96.7 cm³/mol. The van der Waals surface area contributed by atoms with Gasteiger partial charge in [0.05, 0.1) is 0 Å². The van der Waals surface area contributed by atoms with Crippen molar-refractivity contribution >= 4 is 28.9 Å². The maximum Gasteiger partial charge on any atom is 0.134 e. The lowest BCUT2D eigenvalue weighted by atomic mass is 10.2. The summed E-state index contributed by atoms with van der Waals surface area (Å²) in [6.07, 6.45) is 2.72. The third-order valence-electron chi connectivity index (χ3n) is 3.99. The first kappa shape index (κ1) is 15.9. The zero-order valence-corrected chi connectivity index (χ0v) is 14.1. The number of rotatable bonds is 5. The monoisotopic (exact) mass is 331 g/mol. The molecule has 2 heterocycles. The summed E-state index contributed by atoms with van der Waals surface area (Å²) < 4.78 is 0. The minimum Gasteiger partial charge on any atom is -0.370 e. The number of nitrogens with zero attached hydrogens (tertiary/aromatic N) is 4. The van der Waals surface area contributed by atoms with Crippen LogP contribution in [-0.4, -0.2) is 42.7 Å². The normalized spacial score (nSPS) is 14.9. The summed E-state index contributed by atoms with van der Waals surface area (Å²) >= 11 is 6.09. The first-order valence-corrected chi connectivity index (χ1v) is 8.45. The molecule has 0 bridgehead atoms. The van der Waals surface area contributed by atoms with Gasteiger partial charge in [0.2, 0.25) is 0 Å². The first-order valence-electron chi connectivity index (χ1n) is 8.07. The lowest BCUT2D eigenvalue weighted by molar-refractivity contribution is 0.647. The standard InChI is InChI=1S/C17H22ClN5/c1-2-6-19-16-12-17(21-13-20-16)23-9-7-22(8-10-23)15-5-3-4-14(18)11-15/h3-5,11-13H,2,6-10H2,1H3,(H,19,20,21). The summed E-state index contributed by atoms with van der Waals surface area (Å²) in [6, 6.07) is 10.1. The van der Waals surface area contributed by atoms with Crippen LogP contribution < -0.4 is 15.1 Å². The lowest BCUT2D eigenvalue weighted by Crippen LogP contribution is -2.46. The van der Waals surface area contributed by atoms with Gasteiger partial charge in [0.15, 0.2) is 0 Å². The minimum atomic E-state index is 0.785. The Morgan fingerprint density at radius 2 is 1.87 bits per heavy atom. The fourth-order valence-corrected chi connectivity index (χ4v) is 2.92. The van der Waals surface area contributed by atoms with Crippen LogP contribution in [0.4, 0.5) is 17.3 Å². The van der Waals surface area contributed by atoms with E-state index in [4.69, 9.17) is 11.6 Å². The third-order valence-corrected chi connectivity index (χ3v) is 4.22. The summed E-state index contributed by atoms with van der Waals surface area (Å²) in [7, 11) is 0. The molecular weight excluding hydrogens is 310 g/mol. The quantitative estimate of drug-likeness (QED) is 0.911. The van der Waals surface area contributed by atoms with Crippen LogP contribution in [0, 0.1) is 0 Å². The van der Waals surface area contributed by atoms with Gasteiger partial charge < -0.3 is 15.1 Å². The molecule has 1 aliphatic heterocycles. The van der Waals surface area contributed by atoms with Crippen LogP contribution in [0.1, 0.15) is 13.3 Å². The predicted octanol–water partition coefficient (Wildman–Crippen LogP) is 3.28. The van der Waals surface area contributed by atoms with Crippen LogP contribution in [0.15, 0.2) is 36.7 Å². The first-order chi connectivity index (χ1) is 11.3. The van der Waals surface area contributed by atoms with E-state index in [1.807, 2.05) is 24.3 Å². The molecule has 1 aliphatic rings. The molecule has 1 N–H and O–H groups in total. The molecule has 0 radical (unpaired) electrons. The number of piperazine rings is 1. The fraction of sp³-hybridized carbons (Fsp3) is 0.412. The zero-order chi connectivity index (χ0) is 16.1. The Balaban J connectivity index is 1.62. The second kappa shape index (κ2) is 7.51. The van der Waals surface area contributed by atoms with Crippen LogP contribution in [-0.2, 0) is 0 Å². The highest BCUT2D eigenvalue weighted by molar-refractivity contribution is 6.30. The Morgan fingerprint density at radius 1 is 1.09 bits per heavy atom. The number of benzene rings is 1. The van der Waals surface area contributed by atoms with Crippen molar-refractivity contribution in [1.29, 1.82) is 0 Å². The molecule has 0 unspecified atom stereocenters. The molecule has 1 aromatic carbocycles. The van der Waals surface area contributed by atoms with Gasteiger partial charge in [-0.1, -0.05) is 24.6 Å². The Hall–Kier alpha value is -2.01. The van der Waals surface area contributed by atoms with Crippen LogP contribution >= 0.6 is 11.6 Å². The van der Waals surface area contributed by atoms with E-state index < -0.39 is 0 Å². The molecule has 0 saturated carbocycles. The van der Waals surface area contributed by atoms with Crippen LogP contribution in [0.2, 0.25) is 5.02 Å². The van der Waals surface area contributed by atoms with Crippen molar-refractivity contribution in [2.24, 2.45) is 0 Å². The number of anilines is 3. The number of halogens is 1. The van der Waals surface area contributed by atoms with Gasteiger partial charge in [-0.25, -0.2) is 9.97 Å². The molecule has 6 heteroatoms. The smallest absolute Gasteiger partial charge is 0.134 e. The summed E-state index contributed by atoms with van der Waals surface area (Å²) in [5.41, 5.74) is 1.19. The summed E-state index contributed by atoms with van der Waals surface area (Å²) in [5.74, 6) is 1.89. The van der Waals surface area contributed by atoms with E-state index >= 15 is 0 Å². The Labute approximate surface area is 142 Å². The molecule has 0 atom stereocenters. The lowest BCUT2D eigenvalue weighted by Gasteiger charge is -2.36. The molecule has 0 spiro atoms. The molecule has 122 valence electrons. The van der Waals surface area contributed by atoms with E-state index in [-0.39, 0.29) is 0 Å². The highest BCUT2D eigenvalue weighted by atomic mass is 35.5. The zero-order valence-electron chi connectivity index (χ0n) is 13.4. The number of hydrogen-bond donors (Lipinski definition) is 1. The van der Waals surface area contributed by atoms with E-state index in [0.29, 0.717) is 0 Å². The van der Waals surface area contributed by atoms with Gasteiger partial charge in [-0.2, -0.15) is 0 Å². The number of hydrogen-bond acceptors (Lipinski definition) is 5.